The van der Waals surface area contributed by atoms with E-state index < -0.39 is 5.54 Å². The topological polar surface area (TPSA) is 47.6 Å². The van der Waals surface area contributed by atoms with Crippen LogP contribution in [-0.2, 0) is 14.3 Å². The highest BCUT2D eigenvalue weighted by Crippen LogP contribution is 2.16. The molecule has 0 aliphatic rings. The Hall–Kier alpha value is -0.610. The lowest BCUT2D eigenvalue weighted by molar-refractivity contribution is -0.151. The zero-order valence-corrected chi connectivity index (χ0v) is 12.5. The van der Waals surface area contributed by atoms with Gasteiger partial charge in [-0.25, -0.2) is 0 Å². The van der Waals surface area contributed by atoms with Gasteiger partial charge >= 0.3 is 5.97 Å². The van der Waals surface area contributed by atoms with Gasteiger partial charge < -0.3 is 9.47 Å². The summed E-state index contributed by atoms with van der Waals surface area (Å²) in [5.74, 6) is -0.172. The van der Waals surface area contributed by atoms with E-state index in [1.165, 1.54) is 0 Å². The number of rotatable bonds is 10. The number of esters is 1. The number of nitrogens with one attached hydrogen (secondary N) is 1. The Morgan fingerprint density at radius 1 is 1.28 bits per heavy atom. The minimum absolute atomic E-state index is 0.172. The van der Waals surface area contributed by atoms with E-state index in [0.29, 0.717) is 13.2 Å². The van der Waals surface area contributed by atoms with Crippen molar-refractivity contribution < 1.29 is 14.3 Å². The summed E-state index contributed by atoms with van der Waals surface area (Å²) < 4.78 is 10.6. The van der Waals surface area contributed by atoms with Crippen molar-refractivity contribution in [1.29, 1.82) is 0 Å². The predicted molar refractivity (Wildman–Crippen MR) is 73.7 cm³/mol. The van der Waals surface area contributed by atoms with Crippen LogP contribution in [0.15, 0.2) is 0 Å². The largest absolute Gasteiger partial charge is 0.465 e. The van der Waals surface area contributed by atoms with Crippen molar-refractivity contribution in [2.75, 3.05) is 19.8 Å². The maximum atomic E-state index is 12.0. The van der Waals surface area contributed by atoms with Gasteiger partial charge in [0.05, 0.1) is 6.61 Å². The summed E-state index contributed by atoms with van der Waals surface area (Å²) in [4.78, 5) is 12.0. The Bertz CT molecular complexity index is 231. The van der Waals surface area contributed by atoms with E-state index in [4.69, 9.17) is 9.47 Å². The maximum absolute atomic E-state index is 12.0. The van der Waals surface area contributed by atoms with Crippen LogP contribution in [0.4, 0.5) is 0 Å². The molecule has 0 rings (SSSR count). The first-order valence-corrected chi connectivity index (χ1v) is 6.99. The normalized spacial score (nSPS) is 14.6. The Balaban J connectivity index is 4.25. The van der Waals surface area contributed by atoms with E-state index in [1.807, 2.05) is 27.7 Å². The number of hydrogen-bond acceptors (Lipinski definition) is 4. The summed E-state index contributed by atoms with van der Waals surface area (Å²) in [6.07, 6.45) is 2.61. The molecule has 0 amide bonds. The first-order chi connectivity index (χ1) is 8.46. The summed E-state index contributed by atoms with van der Waals surface area (Å²) in [7, 11) is 0. The van der Waals surface area contributed by atoms with Crippen molar-refractivity contribution in [3.05, 3.63) is 0 Å². The van der Waals surface area contributed by atoms with Gasteiger partial charge in [-0.05, 0) is 47.0 Å². The molecule has 1 N–H and O–H groups in total. The second-order valence-corrected chi connectivity index (χ2v) is 5.07. The molecule has 4 nitrogen and oxygen atoms in total. The van der Waals surface area contributed by atoms with Crippen molar-refractivity contribution in [2.45, 2.75) is 65.5 Å². The lowest BCUT2D eigenvalue weighted by Gasteiger charge is -2.30. The SMILES string of the molecule is CCCOCCCC(C)(NC(C)C)C(=O)OCC. The average Bonchev–Trinajstić information content (AvgIpc) is 2.28. The molecule has 0 heterocycles. The minimum atomic E-state index is -0.611. The molecule has 0 aliphatic carbocycles. The Kier molecular flexibility index (Phi) is 9.02. The van der Waals surface area contributed by atoms with Crippen LogP contribution in [0.25, 0.3) is 0 Å². The first-order valence-electron chi connectivity index (χ1n) is 6.99. The summed E-state index contributed by atoms with van der Waals surface area (Å²) in [5, 5.41) is 3.30. The lowest BCUT2D eigenvalue weighted by Crippen LogP contribution is -2.53. The molecule has 0 radical (unpaired) electrons. The maximum Gasteiger partial charge on any atom is 0.326 e. The van der Waals surface area contributed by atoms with Gasteiger partial charge in [0.2, 0.25) is 0 Å². The molecule has 0 saturated carbocycles. The number of carbonyl (C=O) groups is 1. The van der Waals surface area contributed by atoms with E-state index in [1.54, 1.807) is 0 Å². The highest BCUT2D eigenvalue weighted by atomic mass is 16.5. The molecule has 0 fully saturated rings. The van der Waals surface area contributed by atoms with Crippen molar-refractivity contribution in [2.24, 2.45) is 0 Å². The average molecular weight is 259 g/mol. The molecule has 0 aromatic carbocycles. The number of carbonyl (C=O) groups excluding carboxylic acids is 1. The van der Waals surface area contributed by atoms with Gasteiger partial charge in [-0.2, -0.15) is 0 Å². The van der Waals surface area contributed by atoms with Gasteiger partial charge in [0.15, 0.2) is 0 Å². The van der Waals surface area contributed by atoms with Crippen LogP contribution in [0.5, 0.6) is 0 Å². The zero-order chi connectivity index (χ0) is 14.0. The molecule has 1 unspecified atom stereocenters. The van der Waals surface area contributed by atoms with Crippen LogP contribution in [0, 0.1) is 0 Å². The Morgan fingerprint density at radius 3 is 2.44 bits per heavy atom. The second kappa shape index (κ2) is 9.34. The van der Waals surface area contributed by atoms with Crippen molar-refractivity contribution >= 4 is 5.97 Å². The molecule has 1 atom stereocenters. The van der Waals surface area contributed by atoms with E-state index >= 15 is 0 Å². The van der Waals surface area contributed by atoms with E-state index in [9.17, 15) is 4.79 Å². The van der Waals surface area contributed by atoms with Gasteiger partial charge in [0.1, 0.15) is 5.54 Å². The van der Waals surface area contributed by atoms with E-state index in [0.717, 1.165) is 25.9 Å². The molecule has 18 heavy (non-hydrogen) atoms. The van der Waals surface area contributed by atoms with Gasteiger partial charge in [-0.3, -0.25) is 10.1 Å². The fourth-order valence-corrected chi connectivity index (χ4v) is 1.93. The molecule has 0 aromatic heterocycles. The van der Waals surface area contributed by atoms with E-state index in [2.05, 4.69) is 12.2 Å². The molecule has 0 bridgehead atoms. The molecule has 0 saturated heterocycles. The quantitative estimate of drug-likeness (QED) is 0.484. The molecule has 0 spiro atoms. The molecule has 0 aromatic rings. The van der Waals surface area contributed by atoms with Gasteiger partial charge in [-0.1, -0.05) is 6.92 Å². The summed E-state index contributed by atoms with van der Waals surface area (Å²) in [5.41, 5.74) is -0.611. The predicted octanol–water partition coefficient (Wildman–Crippen LogP) is 2.51. The highest BCUT2D eigenvalue weighted by molar-refractivity contribution is 5.80. The Labute approximate surface area is 111 Å². The third kappa shape index (κ3) is 6.97. The van der Waals surface area contributed by atoms with Crippen molar-refractivity contribution in [1.82, 2.24) is 5.32 Å². The smallest absolute Gasteiger partial charge is 0.326 e. The minimum Gasteiger partial charge on any atom is -0.465 e. The van der Waals surface area contributed by atoms with Crippen molar-refractivity contribution in [3.8, 4) is 0 Å². The van der Waals surface area contributed by atoms with Gasteiger partial charge in [-0.15, -0.1) is 0 Å². The molecular formula is C14H29NO3. The third-order valence-electron chi connectivity index (χ3n) is 2.65. The van der Waals surface area contributed by atoms with Gasteiger partial charge in [0, 0.05) is 19.3 Å². The first kappa shape index (κ1) is 17.4. The molecule has 108 valence electrons. The van der Waals surface area contributed by atoms with Crippen LogP contribution in [0.3, 0.4) is 0 Å². The summed E-state index contributed by atoms with van der Waals surface area (Å²) >= 11 is 0. The fraction of sp³-hybridized carbons (Fsp3) is 0.929. The standard InChI is InChI=1S/C14H29NO3/c1-6-10-17-11-8-9-14(5,15-12(3)4)13(16)18-7-2/h12,15H,6-11H2,1-5H3. The van der Waals surface area contributed by atoms with Gasteiger partial charge in [0.25, 0.3) is 0 Å². The Morgan fingerprint density at radius 2 is 1.94 bits per heavy atom. The van der Waals surface area contributed by atoms with Crippen LogP contribution in [0.1, 0.15) is 53.9 Å². The number of hydrogen-bond donors (Lipinski definition) is 1. The summed E-state index contributed by atoms with van der Waals surface area (Å²) in [6.45, 7) is 11.8. The monoisotopic (exact) mass is 259 g/mol. The van der Waals surface area contributed by atoms with E-state index in [-0.39, 0.29) is 12.0 Å². The van der Waals surface area contributed by atoms with Crippen molar-refractivity contribution in [3.63, 3.8) is 0 Å². The zero-order valence-electron chi connectivity index (χ0n) is 12.5. The van der Waals surface area contributed by atoms with Crippen LogP contribution in [0.2, 0.25) is 0 Å². The van der Waals surface area contributed by atoms with Crippen LogP contribution < -0.4 is 5.32 Å². The molecular weight excluding hydrogens is 230 g/mol. The molecule has 4 heteroatoms. The fourth-order valence-electron chi connectivity index (χ4n) is 1.93. The highest BCUT2D eigenvalue weighted by Gasteiger charge is 2.34. The molecule has 0 aliphatic heterocycles. The third-order valence-corrected chi connectivity index (χ3v) is 2.65. The summed E-state index contributed by atoms with van der Waals surface area (Å²) in [6, 6.07) is 0.246. The van der Waals surface area contributed by atoms with Crippen LogP contribution in [-0.4, -0.2) is 37.4 Å². The van der Waals surface area contributed by atoms with Crippen LogP contribution >= 0.6 is 0 Å². The second-order valence-electron chi connectivity index (χ2n) is 5.07. The number of ether oxygens (including phenoxy) is 2. The lowest BCUT2D eigenvalue weighted by atomic mass is 9.95.